The molecular weight excluding hydrogens is 375 g/mol. The molecule has 2 heterocycles. The van der Waals surface area contributed by atoms with Crippen LogP contribution < -0.4 is 17.0 Å². The molecule has 27 heavy (non-hydrogen) atoms. The van der Waals surface area contributed by atoms with Crippen molar-refractivity contribution in [3.05, 3.63) is 60.7 Å². The first-order chi connectivity index (χ1) is 12.3. The molecule has 0 atom stereocenters. The van der Waals surface area contributed by atoms with Gasteiger partial charge in [-0.2, -0.15) is 0 Å². The SMILES string of the molecule is CCCCCCCCCCCC[n+]1ccccc1.Cc1ccncc1.Cl.[Cl-]. The van der Waals surface area contributed by atoms with E-state index in [2.05, 4.69) is 47.1 Å². The second-order valence-corrected chi connectivity index (χ2v) is 6.82. The molecule has 2 aromatic heterocycles. The van der Waals surface area contributed by atoms with E-state index in [1.165, 1.54) is 76.3 Å². The normalized spacial score (nSPS) is 9.41. The smallest absolute Gasteiger partial charge is 0.168 e. The number of pyridine rings is 2. The van der Waals surface area contributed by atoms with Gasteiger partial charge in [-0.25, -0.2) is 4.57 Å². The third-order valence-electron chi connectivity index (χ3n) is 4.39. The standard InChI is InChI=1S/C17H30N.C6H7N.2ClH/c1-2-3-4-5-6-7-8-9-10-12-15-18-16-13-11-14-17-18;1-6-2-4-7-5-3-6;;/h11,13-14,16-17H,2-10,12,15H2,1H3;2-5H,1H3;2*1H/q+1;;;/p-1. The van der Waals surface area contributed by atoms with E-state index in [0.29, 0.717) is 0 Å². The maximum Gasteiger partial charge on any atom is 0.168 e. The van der Waals surface area contributed by atoms with Gasteiger partial charge in [0.05, 0.1) is 0 Å². The lowest BCUT2D eigenvalue weighted by molar-refractivity contribution is -0.697. The maximum absolute atomic E-state index is 3.85. The second-order valence-electron chi connectivity index (χ2n) is 6.82. The van der Waals surface area contributed by atoms with E-state index in [1.54, 1.807) is 12.4 Å². The van der Waals surface area contributed by atoms with E-state index >= 15 is 0 Å². The van der Waals surface area contributed by atoms with Gasteiger partial charge in [0.2, 0.25) is 0 Å². The molecule has 0 aliphatic carbocycles. The minimum atomic E-state index is 0. The summed E-state index contributed by atoms with van der Waals surface area (Å²) in [5.74, 6) is 0. The fraction of sp³-hybridized carbons (Fsp3) is 0.565. The van der Waals surface area contributed by atoms with E-state index < -0.39 is 0 Å². The summed E-state index contributed by atoms with van der Waals surface area (Å²) in [6.07, 6.45) is 22.0. The molecule has 0 aliphatic rings. The molecule has 0 unspecified atom stereocenters. The van der Waals surface area contributed by atoms with Crippen molar-refractivity contribution in [1.29, 1.82) is 0 Å². The van der Waals surface area contributed by atoms with Gasteiger partial charge < -0.3 is 12.4 Å². The van der Waals surface area contributed by atoms with Crippen LogP contribution in [0.4, 0.5) is 0 Å². The molecule has 0 aromatic carbocycles. The molecule has 2 aromatic rings. The molecule has 0 N–H and O–H groups in total. The Morgan fingerprint density at radius 2 is 1.22 bits per heavy atom. The van der Waals surface area contributed by atoms with Gasteiger partial charge in [0, 0.05) is 30.9 Å². The van der Waals surface area contributed by atoms with Crippen LogP contribution in [-0.2, 0) is 6.54 Å². The van der Waals surface area contributed by atoms with Crippen LogP contribution in [0.5, 0.6) is 0 Å². The lowest BCUT2D eigenvalue weighted by Crippen LogP contribution is -3.00. The monoisotopic (exact) mass is 412 g/mol. The van der Waals surface area contributed by atoms with Gasteiger partial charge in [0.25, 0.3) is 0 Å². The zero-order chi connectivity index (χ0) is 18.0. The van der Waals surface area contributed by atoms with Gasteiger partial charge in [-0.05, 0) is 31.0 Å². The summed E-state index contributed by atoms with van der Waals surface area (Å²) in [4.78, 5) is 3.85. The molecule has 0 aliphatic heterocycles. The number of unbranched alkanes of at least 4 members (excludes halogenated alkanes) is 9. The van der Waals surface area contributed by atoms with Crippen LogP contribution in [-0.4, -0.2) is 4.98 Å². The fourth-order valence-corrected chi connectivity index (χ4v) is 2.79. The van der Waals surface area contributed by atoms with Crippen LogP contribution in [0.15, 0.2) is 55.1 Å². The highest BCUT2D eigenvalue weighted by atomic mass is 35.5. The summed E-state index contributed by atoms with van der Waals surface area (Å²) in [6, 6.07) is 10.2. The third-order valence-corrected chi connectivity index (χ3v) is 4.39. The molecule has 0 saturated heterocycles. The van der Waals surface area contributed by atoms with E-state index in [1.807, 2.05) is 19.1 Å². The molecule has 0 amide bonds. The quantitative estimate of drug-likeness (QED) is 0.405. The van der Waals surface area contributed by atoms with Crippen LogP contribution >= 0.6 is 12.4 Å². The molecule has 0 radical (unpaired) electrons. The van der Waals surface area contributed by atoms with Crippen LogP contribution in [0.1, 0.15) is 76.7 Å². The lowest BCUT2D eigenvalue weighted by atomic mass is 10.1. The number of nitrogens with zero attached hydrogens (tertiary/aromatic N) is 2. The largest absolute Gasteiger partial charge is 1.00 e. The Balaban J connectivity index is 0. The van der Waals surface area contributed by atoms with Crippen LogP contribution in [0.3, 0.4) is 0 Å². The van der Waals surface area contributed by atoms with Gasteiger partial charge in [-0.3, -0.25) is 4.98 Å². The Kier molecular flexibility index (Phi) is 22.0. The van der Waals surface area contributed by atoms with Crippen molar-refractivity contribution in [1.82, 2.24) is 4.98 Å². The highest BCUT2D eigenvalue weighted by molar-refractivity contribution is 5.85. The minimum Gasteiger partial charge on any atom is -1.00 e. The number of rotatable bonds is 11. The van der Waals surface area contributed by atoms with Gasteiger partial charge in [0.15, 0.2) is 12.4 Å². The molecule has 4 heteroatoms. The highest BCUT2D eigenvalue weighted by Crippen LogP contribution is 2.10. The summed E-state index contributed by atoms with van der Waals surface area (Å²) in [7, 11) is 0. The molecule has 0 bridgehead atoms. The average Bonchev–Trinajstić information content (AvgIpc) is 2.65. The van der Waals surface area contributed by atoms with Crippen molar-refractivity contribution < 1.29 is 17.0 Å². The predicted molar refractivity (Wildman–Crippen MR) is 115 cm³/mol. The topological polar surface area (TPSA) is 16.8 Å². The van der Waals surface area contributed by atoms with Crippen molar-refractivity contribution in [2.24, 2.45) is 0 Å². The average molecular weight is 413 g/mol. The first-order valence-corrected chi connectivity index (χ1v) is 10.1. The molecular formula is C23H38Cl2N2. The summed E-state index contributed by atoms with van der Waals surface area (Å²) >= 11 is 0. The van der Waals surface area contributed by atoms with Crippen LogP contribution in [0.2, 0.25) is 0 Å². The Morgan fingerprint density at radius 3 is 1.67 bits per heavy atom. The number of hydrogen-bond acceptors (Lipinski definition) is 1. The Labute approximate surface area is 179 Å². The molecule has 154 valence electrons. The van der Waals surface area contributed by atoms with Gasteiger partial charge in [0.1, 0.15) is 6.54 Å². The van der Waals surface area contributed by atoms with Crippen molar-refractivity contribution in [2.75, 3.05) is 0 Å². The molecule has 0 fully saturated rings. The van der Waals surface area contributed by atoms with Crippen molar-refractivity contribution in [3.63, 3.8) is 0 Å². The zero-order valence-electron chi connectivity index (χ0n) is 17.2. The molecule has 0 saturated carbocycles. The first-order valence-electron chi connectivity index (χ1n) is 10.1. The summed E-state index contributed by atoms with van der Waals surface area (Å²) < 4.78 is 2.28. The van der Waals surface area contributed by atoms with E-state index in [0.717, 1.165) is 0 Å². The Bertz CT molecular complexity index is 506. The summed E-state index contributed by atoms with van der Waals surface area (Å²) in [5.41, 5.74) is 1.26. The minimum absolute atomic E-state index is 0. The zero-order valence-corrected chi connectivity index (χ0v) is 18.7. The fourth-order valence-electron chi connectivity index (χ4n) is 2.79. The predicted octanol–water partition coefficient (Wildman–Crippen LogP) is 3.71. The van der Waals surface area contributed by atoms with E-state index in [9.17, 15) is 0 Å². The number of aromatic nitrogens is 2. The van der Waals surface area contributed by atoms with Gasteiger partial charge >= 0.3 is 0 Å². The van der Waals surface area contributed by atoms with Crippen molar-refractivity contribution >= 4 is 12.4 Å². The number of hydrogen-bond donors (Lipinski definition) is 0. The number of halogens is 2. The summed E-state index contributed by atoms with van der Waals surface area (Å²) in [6.45, 7) is 5.50. The third kappa shape index (κ3) is 18.0. The van der Waals surface area contributed by atoms with Crippen LogP contribution in [0, 0.1) is 6.92 Å². The van der Waals surface area contributed by atoms with Gasteiger partial charge in [-0.15, -0.1) is 12.4 Å². The first kappa shape index (κ1) is 28.1. The molecule has 0 spiro atoms. The lowest BCUT2D eigenvalue weighted by Gasteiger charge is -2.01. The van der Waals surface area contributed by atoms with E-state index in [-0.39, 0.29) is 24.8 Å². The van der Waals surface area contributed by atoms with Crippen molar-refractivity contribution in [2.45, 2.75) is 84.6 Å². The number of aryl methyl sites for hydroxylation is 2. The van der Waals surface area contributed by atoms with Crippen molar-refractivity contribution in [3.8, 4) is 0 Å². The maximum atomic E-state index is 3.85. The van der Waals surface area contributed by atoms with Crippen LogP contribution in [0.25, 0.3) is 0 Å². The Morgan fingerprint density at radius 1 is 0.741 bits per heavy atom. The second kappa shape index (κ2) is 21.2. The highest BCUT2D eigenvalue weighted by Gasteiger charge is 1.97. The van der Waals surface area contributed by atoms with Gasteiger partial charge in [-0.1, -0.05) is 64.4 Å². The summed E-state index contributed by atoms with van der Waals surface area (Å²) in [5, 5.41) is 0. The van der Waals surface area contributed by atoms with E-state index in [4.69, 9.17) is 0 Å². The molecule has 2 rings (SSSR count). The molecule has 2 nitrogen and oxygen atoms in total. The Hall–Kier alpha value is -1.12.